The summed E-state index contributed by atoms with van der Waals surface area (Å²) >= 11 is 0. The molecule has 0 amide bonds. The average molecular weight is 154 g/mol. The maximum atomic E-state index is 10.6. The number of fused-ring (bicyclic) bond motifs is 3. The lowest BCUT2D eigenvalue weighted by atomic mass is 9.63. The Labute approximate surface area is 66.6 Å². The van der Waals surface area contributed by atoms with Gasteiger partial charge in [0.25, 0.3) is 0 Å². The Morgan fingerprint density at radius 3 is 2.18 bits per heavy atom. The molecule has 0 radical (unpaired) electrons. The number of hydrogen-bond donors (Lipinski definition) is 1. The molecular formula is C9H14O2. The Hall–Kier alpha value is -0.370. The van der Waals surface area contributed by atoms with Crippen LogP contribution in [-0.4, -0.2) is 17.0 Å². The van der Waals surface area contributed by atoms with Crippen LogP contribution in [0.5, 0.6) is 0 Å². The van der Waals surface area contributed by atoms with Crippen LogP contribution in [0.1, 0.15) is 32.1 Å². The van der Waals surface area contributed by atoms with Gasteiger partial charge in [-0.05, 0) is 43.9 Å². The molecule has 62 valence electrons. The summed E-state index contributed by atoms with van der Waals surface area (Å²) in [5, 5.41) is 9.80. The Kier molecular flexibility index (Phi) is 1.53. The van der Waals surface area contributed by atoms with E-state index in [2.05, 4.69) is 0 Å². The van der Waals surface area contributed by atoms with Crippen LogP contribution in [0.15, 0.2) is 0 Å². The maximum Gasteiger partial charge on any atom is 0.151 e. The third-order valence-corrected chi connectivity index (χ3v) is 3.37. The van der Waals surface area contributed by atoms with Crippen molar-refractivity contribution in [1.82, 2.24) is 0 Å². The van der Waals surface area contributed by atoms with Gasteiger partial charge in [-0.3, -0.25) is 0 Å². The van der Waals surface area contributed by atoms with E-state index in [-0.39, 0.29) is 5.92 Å². The van der Waals surface area contributed by atoms with Gasteiger partial charge < -0.3 is 9.90 Å². The number of hydrogen-bond acceptors (Lipinski definition) is 2. The molecule has 3 aliphatic rings. The lowest BCUT2D eigenvalue weighted by molar-refractivity contribution is -0.143. The number of carbonyl (C=O) groups is 1. The minimum atomic E-state index is -0.943. The van der Waals surface area contributed by atoms with Gasteiger partial charge in [0.15, 0.2) is 6.29 Å². The van der Waals surface area contributed by atoms with Gasteiger partial charge in [-0.15, -0.1) is 0 Å². The van der Waals surface area contributed by atoms with Crippen LogP contribution >= 0.6 is 0 Å². The molecule has 3 aliphatic carbocycles. The van der Waals surface area contributed by atoms with Crippen molar-refractivity contribution in [2.24, 2.45) is 11.8 Å². The lowest BCUT2D eigenvalue weighted by Gasteiger charge is -2.45. The molecule has 3 fully saturated rings. The molecule has 1 unspecified atom stereocenters. The predicted octanol–water partition coefficient (Wildman–Crippen LogP) is 1.13. The second-order valence-corrected chi connectivity index (χ2v) is 4.03. The molecule has 0 aliphatic heterocycles. The molecule has 0 saturated heterocycles. The maximum absolute atomic E-state index is 10.6. The quantitative estimate of drug-likeness (QED) is 0.575. The highest BCUT2D eigenvalue weighted by Gasteiger charge is 2.45. The van der Waals surface area contributed by atoms with Crippen LogP contribution in [0.4, 0.5) is 0 Å². The minimum Gasteiger partial charge on any atom is -0.382 e. The number of rotatable bonds is 1. The average Bonchev–Trinajstić information content (AvgIpc) is 2.06. The summed E-state index contributed by atoms with van der Waals surface area (Å²) in [7, 11) is 0. The molecule has 2 nitrogen and oxygen atoms in total. The molecule has 0 spiro atoms. The third kappa shape index (κ3) is 1.00. The normalized spacial score (nSPS) is 49.2. The van der Waals surface area contributed by atoms with E-state index >= 15 is 0 Å². The van der Waals surface area contributed by atoms with Crippen LogP contribution in [0.3, 0.4) is 0 Å². The van der Waals surface area contributed by atoms with Crippen LogP contribution in [0.2, 0.25) is 0 Å². The Bertz CT molecular complexity index is 170. The van der Waals surface area contributed by atoms with E-state index in [9.17, 15) is 9.90 Å². The third-order valence-electron chi connectivity index (χ3n) is 3.37. The summed E-state index contributed by atoms with van der Waals surface area (Å²) < 4.78 is 0. The first-order valence-electron chi connectivity index (χ1n) is 4.43. The highest BCUT2D eigenvalue weighted by atomic mass is 16.3. The van der Waals surface area contributed by atoms with Crippen LogP contribution in [0.25, 0.3) is 0 Å². The zero-order chi connectivity index (χ0) is 7.90. The first kappa shape index (κ1) is 7.29. The Balaban J connectivity index is 2.19. The summed E-state index contributed by atoms with van der Waals surface area (Å²) in [6.45, 7) is 0. The van der Waals surface area contributed by atoms with Crippen molar-refractivity contribution in [3.8, 4) is 0 Å². The van der Waals surface area contributed by atoms with Crippen molar-refractivity contribution in [1.29, 1.82) is 0 Å². The molecule has 2 bridgehead atoms. The van der Waals surface area contributed by atoms with Gasteiger partial charge in [0.2, 0.25) is 0 Å². The van der Waals surface area contributed by atoms with Crippen molar-refractivity contribution < 1.29 is 9.90 Å². The fourth-order valence-corrected chi connectivity index (χ4v) is 2.64. The minimum absolute atomic E-state index is 0.269. The van der Waals surface area contributed by atoms with Crippen LogP contribution < -0.4 is 0 Å². The van der Waals surface area contributed by atoms with Crippen molar-refractivity contribution >= 4 is 6.29 Å². The van der Waals surface area contributed by atoms with Crippen molar-refractivity contribution in [3.63, 3.8) is 0 Å². The second kappa shape index (κ2) is 2.31. The largest absolute Gasteiger partial charge is 0.382 e. The summed E-state index contributed by atoms with van der Waals surface area (Å²) in [4.78, 5) is 10.6. The van der Waals surface area contributed by atoms with Gasteiger partial charge in [0.1, 0.15) is 5.60 Å². The van der Waals surface area contributed by atoms with Gasteiger partial charge in [-0.2, -0.15) is 0 Å². The molecule has 3 saturated carbocycles. The fraction of sp³-hybridized carbons (Fsp3) is 0.889. The number of aldehydes is 1. The highest BCUT2D eigenvalue weighted by Crippen LogP contribution is 2.46. The monoisotopic (exact) mass is 154 g/mol. The SMILES string of the molecule is O=CC1(O)CC2CCC1CC2. The van der Waals surface area contributed by atoms with Gasteiger partial charge in [0, 0.05) is 0 Å². The van der Waals surface area contributed by atoms with Gasteiger partial charge in [-0.1, -0.05) is 0 Å². The van der Waals surface area contributed by atoms with E-state index in [1.165, 1.54) is 12.8 Å². The molecule has 1 N–H and O–H groups in total. The summed E-state index contributed by atoms with van der Waals surface area (Å²) in [5.74, 6) is 0.889. The van der Waals surface area contributed by atoms with E-state index in [1.54, 1.807) is 0 Å². The topological polar surface area (TPSA) is 37.3 Å². The van der Waals surface area contributed by atoms with Crippen LogP contribution in [-0.2, 0) is 4.79 Å². The Morgan fingerprint density at radius 1 is 1.27 bits per heavy atom. The Morgan fingerprint density at radius 2 is 1.91 bits per heavy atom. The van der Waals surface area contributed by atoms with Crippen LogP contribution in [0, 0.1) is 11.8 Å². The van der Waals surface area contributed by atoms with E-state index in [0.717, 1.165) is 25.5 Å². The molecule has 0 aromatic carbocycles. The van der Waals surface area contributed by atoms with E-state index in [0.29, 0.717) is 5.92 Å². The standard InChI is InChI=1S/C9H14O2/c10-6-9(11)5-7-1-3-8(9)4-2-7/h6-8,11H,1-5H2. The van der Waals surface area contributed by atoms with Crippen molar-refractivity contribution in [2.45, 2.75) is 37.7 Å². The molecular weight excluding hydrogens is 140 g/mol. The molecule has 0 heterocycles. The molecule has 0 aromatic rings. The summed E-state index contributed by atoms with van der Waals surface area (Å²) in [5.41, 5.74) is -0.943. The molecule has 11 heavy (non-hydrogen) atoms. The predicted molar refractivity (Wildman–Crippen MR) is 41.1 cm³/mol. The van der Waals surface area contributed by atoms with Crippen molar-refractivity contribution in [3.05, 3.63) is 0 Å². The van der Waals surface area contributed by atoms with Crippen molar-refractivity contribution in [2.75, 3.05) is 0 Å². The smallest absolute Gasteiger partial charge is 0.151 e. The summed E-state index contributed by atoms with van der Waals surface area (Å²) in [6, 6.07) is 0. The molecule has 0 aromatic heterocycles. The zero-order valence-electron chi connectivity index (χ0n) is 6.62. The van der Waals surface area contributed by atoms with Gasteiger partial charge >= 0.3 is 0 Å². The zero-order valence-corrected chi connectivity index (χ0v) is 6.62. The lowest BCUT2D eigenvalue weighted by Crippen LogP contribution is -2.48. The molecule has 2 heteroatoms. The summed E-state index contributed by atoms with van der Waals surface area (Å²) in [6.07, 6.45) is 6.05. The molecule has 1 atom stereocenters. The first-order chi connectivity index (χ1) is 5.24. The van der Waals surface area contributed by atoms with Gasteiger partial charge in [-0.25, -0.2) is 0 Å². The van der Waals surface area contributed by atoms with E-state index in [4.69, 9.17) is 0 Å². The van der Waals surface area contributed by atoms with E-state index in [1.807, 2.05) is 0 Å². The number of carbonyl (C=O) groups excluding carboxylic acids is 1. The van der Waals surface area contributed by atoms with Gasteiger partial charge in [0.05, 0.1) is 0 Å². The second-order valence-electron chi connectivity index (χ2n) is 4.03. The molecule has 3 rings (SSSR count). The highest BCUT2D eigenvalue weighted by molar-refractivity contribution is 5.63. The van der Waals surface area contributed by atoms with E-state index < -0.39 is 5.60 Å². The number of aliphatic hydroxyl groups is 1. The first-order valence-corrected chi connectivity index (χ1v) is 4.43. The fourth-order valence-electron chi connectivity index (χ4n) is 2.64.